The first kappa shape index (κ1) is 11.6. The van der Waals surface area contributed by atoms with E-state index in [0.717, 1.165) is 18.5 Å². The largest absolute Gasteiger partial charge is 0.260 e. The summed E-state index contributed by atoms with van der Waals surface area (Å²) in [5.74, 6) is -0.724. The molecule has 0 aliphatic heterocycles. The quantitative estimate of drug-likeness (QED) is 0.758. The average Bonchev–Trinajstić information content (AvgIpc) is 2.18. The lowest BCUT2D eigenvalue weighted by atomic mass is 10.5. The van der Waals surface area contributed by atoms with Crippen LogP contribution in [-0.2, 0) is 10.0 Å². The molecule has 1 aromatic heterocycles. The standard InChI is InChI=1S/C8H8FN3O2S/c9-7-4-8(6-11-5-7)15(13,14)12-3-1-2-10/h4-6,12H,1,3H2. The summed E-state index contributed by atoms with van der Waals surface area (Å²) in [6, 6.07) is 2.65. The first-order chi connectivity index (χ1) is 7.06. The summed E-state index contributed by atoms with van der Waals surface area (Å²) in [5, 5.41) is 8.22. The van der Waals surface area contributed by atoms with E-state index >= 15 is 0 Å². The van der Waals surface area contributed by atoms with Gasteiger partial charge in [-0.3, -0.25) is 4.98 Å². The molecule has 0 fully saturated rings. The molecule has 7 heteroatoms. The van der Waals surface area contributed by atoms with E-state index < -0.39 is 15.8 Å². The monoisotopic (exact) mass is 229 g/mol. The van der Waals surface area contributed by atoms with Gasteiger partial charge in [-0.15, -0.1) is 0 Å². The maximum Gasteiger partial charge on any atom is 0.242 e. The third kappa shape index (κ3) is 3.27. The van der Waals surface area contributed by atoms with Gasteiger partial charge in [0.1, 0.15) is 10.7 Å². The van der Waals surface area contributed by atoms with E-state index in [2.05, 4.69) is 9.71 Å². The summed E-state index contributed by atoms with van der Waals surface area (Å²) in [6.07, 6.45) is 2.01. The number of hydrogen-bond acceptors (Lipinski definition) is 4. The lowest BCUT2D eigenvalue weighted by Crippen LogP contribution is -2.24. The molecule has 1 aromatic rings. The highest BCUT2D eigenvalue weighted by Crippen LogP contribution is 2.07. The Kier molecular flexibility index (Phi) is 3.71. The molecule has 1 heterocycles. The highest BCUT2D eigenvalue weighted by molar-refractivity contribution is 7.89. The SMILES string of the molecule is N#CCCNS(=O)(=O)c1cncc(F)c1. The maximum atomic E-state index is 12.7. The number of rotatable bonds is 4. The molecule has 0 aliphatic rings. The smallest absolute Gasteiger partial charge is 0.242 e. The molecule has 0 saturated heterocycles. The van der Waals surface area contributed by atoms with Crippen LogP contribution in [0.4, 0.5) is 4.39 Å². The number of nitriles is 1. The van der Waals surface area contributed by atoms with Crippen molar-refractivity contribution in [2.75, 3.05) is 6.54 Å². The van der Waals surface area contributed by atoms with Crippen molar-refractivity contribution in [3.8, 4) is 6.07 Å². The molecule has 1 N–H and O–H groups in total. The van der Waals surface area contributed by atoms with Crippen LogP contribution in [0.3, 0.4) is 0 Å². The zero-order chi connectivity index (χ0) is 11.3. The van der Waals surface area contributed by atoms with Crippen molar-refractivity contribution >= 4 is 10.0 Å². The molecule has 5 nitrogen and oxygen atoms in total. The Morgan fingerprint density at radius 1 is 1.53 bits per heavy atom. The van der Waals surface area contributed by atoms with Crippen molar-refractivity contribution in [1.29, 1.82) is 5.26 Å². The summed E-state index contributed by atoms with van der Waals surface area (Å²) in [7, 11) is -3.76. The minimum Gasteiger partial charge on any atom is -0.260 e. The summed E-state index contributed by atoms with van der Waals surface area (Å²) < 4.78 is 37.7. The molecule has 0 radical (unpaired) electrons. The van der Waals surface area contributed by atoms with Gasteiger partial charge in [0.25, 0.3) is 0 Å². The van der Waals surface area contributed by atoms with Gasteiger partial charge in [0.15, 0.2) is 0 Å². The minimum absolute atomic E-state index is 0.00462. The van der Waals surface area contributed by atoms with E-state index in [1.165, 1.54) is 0 Å². The third-order valence-corrected chi connectivity index (χ3v) is 2.95. The molecule has 0 atom stereocenters. The normalized spacial score (nSPS) is 10.9. The van der Waals surface area contributed by atoms with Crippen LogP contribution in [-0.4, -0.2) is 19.9 Å². The van der Waals surface area contributed by atoms with Crippen molar-refractivity contribution in [2.45, 2.75) is 11.3 Å². The summed E-state index contributed by atoms with van der Waals surface area (Å²) in [6.45, 7) is -0.00462. The molecule has 0 unspecified atom stereocenters. The molecular formula is C8H8FN3O2S. The second-order valence-electron chi connectivity index (χ2n) is 2.64. The van der Waals surface area contributed by atoms with Gasteiger partial charge in [-0.1, -0.05) is 0 Å². The van der Waals surface area contributed by atoms with Crippen LogP contribution < -0.4 is 4.72 Å². The predicted molar refractivity (Wildman–Crippen MR) is 49.6 cm³/mol. The molecule has 15 heavy (non-hydrogen) atoms. The van der Waals surface area contributed by atoms with E-state index in [1.54, 1.807) is 6.07 Å². The number of aromatic nitrogens is 1. The number of nitrogens with one attached hydrogen (secondary N) is 1. The van der Waals surface area contributed by atoms with Crippen LogP contribution >= 0.6 is 0 Å². The van der Waals surface area contributed by atoms with E-state index in [4.69, 9.17) is 5.26 Å². The molecule has 80 valence electrons. The first-order valence-corrected chi connectivity index (χ1v) is 5.52. The zero-order valence-corrected chi connectivity index (χ0v) is 8.46. The van der Waals surface area contributed by atoms with Gasteiger partial charge >= 0.3 is 0 Å². The highest BCUT2D eigenvalue weighted by Gasteiger charge is 2.14. The van der Waals surface area contributed by atoms with E-state index in [0.29, 0.717) is 0 Å². The third-order valence-electron chi connectivity index (χ3n) is 1.52. The molecule has 0 aliphatic carbocycles. The topological polar surface area (TPSA) is 82.9 Å². The van der Waals surface area contributed by atoms with Crippen LogP contribution in [0, 0.1) is 17.1 Å². The lowest BCUT2D eigenvalue weighted by molar-refractivity contribution is 0.576. The molecule has 0 bridgehead atoms. The summed E-state index contributed by atoms with van der Waals surface area (Å²) in [4.78, 5) is 3.17. The van der Waals surface area contributed by atoms with Gasteiger partial charge in [0.05, 0.1) is 12.3 Å². The minimum atomic E-state index is -3.76. The Balaban J connectivity index is 2.83. The fourth-order valence-electron chi connectivity index (χ4n) is 0.864. The first-order valence-electron chi connectivity index (χ1n) is 4.03. The Bertz CT molecular complexity index is 481. The number of pyridine rings is 1. The predicted octanol–water partition coefficient (Wildman–Crippen LogP) is 0.413. The van der Waals surface area contributed by atoms with E-state index in [-0.39, 0.29) is 17.9 Å². The van der Waals surface area contributed by atoms with Crippen molar-refractivity contribution < 1.29 is 12.8 Å². The fraction of sp³-hybridized carbons (Fsp3) is 0.250. The van der Waals surface area contributed by atoms with Gasteiger partial charge in [-0.25, -0.2) is 17.5 Å². The Hall–Kier alpha value is -1.52. The van der Waals surface area contributed by atoms with E-state index in [1.807, 2.05) is 0 Å². The van der Waals surface area contributed by atoms with Crippen LogP contribution in [0.1, 0.15) is 6.42 Å². The van der Waals surface area contributed by atoms with Gasteiger partial charge in [0, 0.05) is 19.2 Å². The lowest BCUT2D eigenvalue weighted by Gasteiger charge is -2.03. The van der Waals surface area contributed by atoms with Crippen molar-refractivity contribution in [3.05, 3.63) is 24.3 Å². The molecule has 0 aromatic carbocycles. The van der Waals surface area contributed by atoms with Crippen LogP contribution in [0.2, 0.25) is 0 Å². The molecule has 0 saturated carbocycles. The molecule has 0 spiro atoms. The van der Waals surface area contributed by atoms with Crippen molar-refractivity contribution in [1.82, 2.24) is 9.71 Å². The number of sulfonamides is 1. The van der Waals surface area contributed by atoms with Crippen molar-refractivity contribution in [3.63, 3.8) is 0 Å². The Morgan fingerprint density at radius 3 is 2.87 bits per heavy atom. The average molecular weight is 229 g/mol. The van der Waals surface area contributed by atoms with Crippen molar-refractivity contribution in [2.24, 2.45) is 0 Å². The number of nitrogens with zero attached hydrogens (tertiary/aromatic N) is 2. The molecular weight excluding hydrogens is 221 g/mol. The van der Waals surface area contributed by atoms with Crippen LogP contribution in [0.5, 0.6) is 0 Å². The van der Waals surface area contributed by atoms with Crippen LogP contribution in [0.15, 0.2) is 23.4 Å². The number of halogens is 1. The Morgan fingerprint density at radius 2 is 2.27 bits per heavy atom. The summed E-state index contributed by atoms with van der Waals surface area (Å²) in [5.41, 5.74) is 0. The van der Waals surface area contributed by atoms with Gasteiger partial charge in [-0.2, -0.15) is 5.26 Å². The molecule has 1 rings (SSSR count). The highest BCUT2D eigenvalue weighted by atomic mass is 32.2. The van der Waals surface area contributed by atoms with Gasteiger partial charge in [0.2, 0.25) is 10.0 Å². The second-order valence-corrected chi connectivity index (χ2v) is 4.41. The van der Waals surface area contributed by atoms with Crippen LogP contribution in [0.25, 0.3) is 0 Å². The van der Waals surface area contributed by atoms with Gasteiger partial charge < -0.3 is 0 Å². The molecule has 0 amide bonds. The Labute approximate surface area is 86.6 Å². The second kappa shape index (κ2) is 4.82. The maximum absolute atomic E-state index is 12.7. The summed E-state index contributed by atoms with van der Waals surface area (Å²) >= 11 is 0. The number of hydrogen-bond donors (Lipinski definition) is 1. The van der Waals surface area contributed by atoms with Gasteiger partial charge in [-0.05, 0) is 6.07 Å². The van der Waals surface area contributed by atoms with E-state index in [9.17, 15) is 12.8 Å². The fourth-order valence-corrected chi connectivity index (χ4v) is 1.87. The zero-order valence-electron chi connectivity index (χ0n) is 7.64.